The van der Waals surface area contributed by atoms with E-state index in [9.17, 15) is 4.79 Å². The van der Waals surface area contributed by atoms with Crippen molar-refractivity contribution in [2.24, 2.45) is 5.41 Å². The second-order valence-electron chi connectivity index (χ2n) is 5.02. The molecule has 19 heavy (non-hydrogen) atoms. The Labute approximate surface area is 113 Å². The molecule has 2 rings (SSSR count). The Morgan fingerprint density at radius 3 is 2.68 bits per heavy atom. The van der Waals surface area contributed by atoms with E-state index in [2.05, 4.69) is 22.2 Å². The smallest absolute Gasteiger partial charge is 0.243 e. The van der Waals surface area contributed by atoms with E-state index in [1.165, 1.54) is 7.11 Å². The average molecular weight is 263 g/mol. The Morgan fingerprint density at radius 1 is 1.37 bits per heavy atom. The summed E-state index contributed by atoms with van der Waals surface area (Å²) < 4.78 is 5.17. The highest BCUT2D eigenvalue weighted by Gasteiger charge is 2.41. The lowest BCUT2D eigenvalue weighted by molar-refractivity contribution is 0.0694. The SMILES string of the molecule is CCCC1(C(=O)c2nccnc2OC)CCNCC1. The lowest BCUT2D eigenvalue weighted by Crippen LogP contribution is -2.42. The minimum Gasteiger partial charge on any atom is -0.479 e. The van der Waals surface area contributed by atoms with Gasteiger partial charge in [-0.2, -0.15) is 0 Å². The first kappa shape index (κ1) is 13.9. The summed E-state index contributed by atoms with van der Waals surface area (Å²) in [6, 6.07) is 0. The highest BCUT2D eigenvalue weighted by molar-refractivity contribution is 6.00. The highest BCUT2D eigenvalue weighted by atomic mass is 16.5. The number of carbonyl (C=O) groups excluding carboxylic acids is 1. The van der Waals surface area contributed by atoms with E-state index in [1.807, 2.05) is 0 Å². The van der Waals surface area contributed by atoms with E-state index >= 15 is 0 Å². The topological polar surface area (TPSA) is 64.1 Å². The molecule has 1 N–H and O–H groups in total. The fourth-order valence-corrected chi connectivity index (χ4v) is 2.86. The highest BCUT2D eigenvalue weighted by Crippen LogP contribution is 2.38. The second kappa shape index (κ2) is 6.10. The van der Waals surface area contributed by atoms with Gasteiger partial charge in [-0.3, -0.25) is 4.79 Å². The van der Waals surface area contributed by atoms with Crippen molar-refractivity contribution in [1.29, 1.82) is 0 Å². The molecule has 1 aliphatic heterocycles. The minimum atomic E-state index is -0.302. The van der Waals surface area contributed by atoms with Crippen LogP contribution in [0, 0.1) is 5.41 Å². The van der Waals surface area contributed by atoms with E-state index in [4.69, 9.17) is 4.74 Å². The van der Waals surface area contributed by atoms with Gasteiger partial charge < -0.3 is 10.1 Å². The van der Waals surface area contributed by atoms with Crippen LogP contribution in [0.2, 0.25) is 0 Å². The third-order valence-corrected chi connectivity index (χ3v) is 3.84. The van der Waals surface area contributed by atoms with Crippen molar-refractivity contribution in [3.63, 3.8) is 0 Å². The molecule has 2 heterocycles. The Balaban J connectivity index is 2.33. The fraction of sp³-hybridized carbons (Fsp3) is 0.643. The number of Topliss-reactive ketones (excluding diaryl/α,β-unsaturated/α-hetero) is 1. The van der Waals surface area contributed by atoms with Gasteiger partial charge in [-0.1, -0.05) is 13.3 Å². The van der Waals surface area contributed by atoms with E-state index < -0.39 is 0 Å². The van der Waals surface area contributed by atoms with Crippen LogP contribution < -0.4 is 10.1 Å². The number of nitrogens with one attached hydrogen (secondary N) is 1. The number of hydrogen-bond donors (Lipinski definition) is 1. The van der Waals surface area contributed by atoms with Crippen LogP contribution in [0.4, 0.5) is 0 Å². The van der Waals surface area contributed by atoms with Gasteiger partial charge in [0.05, 0.1) is 7.11 Å². The molecule has 0 spiro atoms. The molecule has 0 unspecified atom stereocenters. The first-order chi connectivity index (χ1) is 9.23. The largest absolute Gasteiger partial charge is 0.479 e. The molecule has 1 aromatic rings. The number of ether oxygens (including phenoxy) is 1. The maximum absolute atomic E-state index is 12.9. The van der Waals surface area contributed by atoms with Crippen molar-refractivity contribution in [3.8, 4) is 5.88 Å². The van der Waals surface area contributed by atoms with Crippen molar-refractivity contribution < 1.29 is 9.53 Å². The van der Waals surface area contributed by atoms with Gasteiger partial charge >= 0.3 is 0 Å². The number of hydrogen-bond acceptors (Lipinski definition) is 5. The summed E-state index contributed by atoms with van der Waals surface area (Å²) in [5.41, 5.74) is 0.0731. The number of nitrogens with zero attached hydrogens (tertiary/aromatic N) is 2. The van der Waals surface area contributed by atoms with Gasteiger partial charge in [0, 0.05) is 17.8 Å². The Morgan fingerprint density at radius 2 is 2.05 bits per heavy atom. The lowest BCUT2D eigenvalue weighted by Gasteiger charge is -2.35. The third kappa shape index (κ3) is 2.76. The first-order valence-electron chi connectivity index (χ1n) is 6.84. The Hall–Kier alpha value is -1.49. The Bertz CT molecular complexity index is 437. The van der Waals surface area contributed by atoms with Crippen LogP contribution in [-0.2, 0) is 0 Å². The molecule has 0 aliphatic carbocycles. The zero-order valence-corrected chi connectivity index (χ0v) is 11.6. The summed E-state index contributed by atoms with van der Waals surface area (Å²) in [5, 5.41) is 3.31. The monoisotopic (exact) mass is 263 g/mol. The number of carbonyl (C=O) groups is 1. The van der Waals surface area contributed by atoms with Crippen molar-refractivity contribution >= 4 is 5.78 Å². The summed E-state index contributed by atoms with van der Waals surface area (Å²) in [5.74, 6) is 0.419. The van der Waals surface area contributed by atoms with Crippen molar-refractivity contribution in [2.45, 2.75) is 32.6 Å². The van der Waals surface area contributed by atoms with Crippen LogP contribution in [-0.4, -0.2) is 36.0 Å². The summed E-state index contributed by atoms with van der Waals surface area (Å²) in [7, 11) is 1.52. The molecule has 0 saturated carbocycles. The van der Waals surface area contributed by atoms with Crippen molar-refractivity contribution in [2.75, 3.05) is 20.2 Å². The number of methoxy groups -OCH3 is 1. The molecule has 5 heteroatoms. The van der Waals surface area contributed by atoms with Gasteiger partial charge in [0.25, 0.3) is 0 Å². The average Bonchev–Trinajstić information content (AvgIpc) is 2.47. The van der Waals surface area contributed by atoms with Gasteiger partial charge in [-0.05, 0) is 32.4 Å². The van der Waals surface area contributed by atoms with Crippen molar-refractivity contribution in [1.82, 2.24) is 15.3 Å². The number of rotatable bonds is 5. The zero-order valence-electron chi connectivity index (χ0n) is 11.6. The number of ketones is 1. The maximum Gasteiger partial charge on any atom is 0.243 e. The molecule has 0 atom stereocenters. The molecule has 0 bridgehead atoms. The molecular weight excluding hydrogens is 242 g/mol. The van der Waals surface area contributed by atoms with E-state index in [0.717, 1.165) is 38.8 Å². The molecule has 1 fully saturated rings. The molecule has 1 saturated heterocycles. The molecule has 1 aliphatic rings. The molecular formula is C14H21N3O2. The lowest BCUT2D eigenvalue weighted by atomic mass is 9.71. The number of piperidine rings is 1. The normalized spacial score (nSPS) is 18.0. The predicted octanol–water partition coefficient (Wildman–Crippen LogP) is 1.84. The Kier molecular flexibility index (Phi) is 4.47. The van der Waals surface area contributed by atoms with Gasteiger partial charge in [0.2, 0.25) is 5.88 Å². The maximum atomic E-state index is 12.9. The summed E-state index contributed by atoms with van der Waals surface area (Å²) in [6.45, 7) is 3.88. The van der Waals surface area contributed by atoms with Gasteiger partial charge in [0.15, 0.2) is 11.5 Å². The van der Waals surface area contributed by atoms with Gasteiger partial charge in [-0.15, -0.1) is 0 Å². The standard InChI is InChI=1S/C14H21N3O2/c1-3-4-14(5-7-15-8-6-14)12(18)11-13(19-2)17-10-9-16-11/h9-10,15H,3-8H2,1-2H3. The molecule has 5 nitrogen and oxygen atoms in total. The van der Waals surface area contributed by atoms with Crippen LogP contribution in [0.3, 0.4) is 0 Å². The minimum absolute atomic E-state index is 0.0841. The third-order valence-electron chi connectivity index (χ3n) is 3.84. The van der Waals surface area contributed by atoms with Crippen LogP contribution in [0.5, 0.6) is 5.88 Å². The van der Waals surface area contributed by atoms with Crippen LogP contribution >= 0.6 is 0 Å². The molecule has 1 aromatic heterocycles. The summed E-state index contributed by atoms with van der Waals surface area (Å²) in [4.78, 5) is 21.2. The molecule has 104 valence electrons. The van der Waals surface area contributed by atoms with Gasteiger partial charge in [-0.25, -0.2) is 9.97 Å². The predicted molar refractivity (Wildman–Crippen MR) is 72.4 cm³/mol. The van der Waals surface area contributed by atoms with Crippen LogP contribution in [0.25, 0.3) is 0 Å². The number of aromatic nitrogens is 2. The fourth-order valence-electron chi connectivity index (χ4n) is 2.86. The van der Waals surface area contributed by atoms with Crippen molar-refractivity contribution in [3.05, 3.63) is 18.1 Å². The molecule has 0 aromatic carbocycles. The van der Waals surface area contributed by atoms with E-state index in [1.54, 1.807) is 12.4 Å². The van der Waals surface area contributed by atoms with E-state index in [-0.39, 0.29) is 11.2 Å². The quantitative estimate of drug-likeness (QED) is 0.821. The summed E-state index contributed by atoms with van der Waals surface area (Å²) >= 11 is 0. The second-order valence-corrected chi connectivity index (χ2v) is 5.02. The van der Waals surface area contributed by atoms with E-state index in [0.29, 0.717) is 11.6 Å². The molecule has 0 radical (unpaired) electrons. The van der Waals surface area contributed by atoms with Crippen LogP contribution in [0.15, 0.2) is 12.4 Å². The zero-order chi connectivity index (χ0) is 13.7. The first-order valence-corrected chi connectivity index (χ1v) is 6.84. The van der Waals surface area contributed by atoms with Crippen LogP contribution in [0.1, 0.15) is 43.1 Å². The van der Waals surface area contributed by atoms with Gasteiger partial charge in [0.1, 0.15) is 0 Å². The molecule has 0 amide bonds. The summed E-state index contributed by atoms with van der Waals surface area (Å²) in [6.07, 6.45) is 6.71.